The lowest BCUT2D eigenvalue weighted by molar-refractivity contribution is -0.757. The zero-order chi connectivity index (χ0) is 25.1. The minimum absolute atomic E-state index is 0.000810. The molecule has 1 aromatic rings. The first kappa shape index (κ1) is 26.2. The van der Waals surface area contributed by atoms with Crippen LogP contribution in [0.2, 0.25) is 0 Å². The Morgan fingerprint density at radius 3 is 2.29 bits per heavy atom. The predicted octanol–water partition coefficient (Wildman–Crippen LogP) is 5.63. The minimum Gasteiger partial charge on any atom is -0.496 e. The topological polar surface area (TPSA) is 91.1 Å². The highest BCUT2D eigenvalue weighted by Gasteiger charge is 2.56. The van der Waals surface area contributed by atoms with E-state index in [0.29, 0.717) is 42.6 Å². The molecule has 0 aliphatic heterocycles. The van der Waals surface area contributed by atoms with Crippen molar-refractivity contribution in [2.24, 2.45) is 17.3 Å². The van der Waals surface area contributed by atoms with Gasteiger partial charge in [-0.2, -0.15) is 0 Å². The van der Waals surface area contributed by atoms with Crippen molar-refractivity contribution < 1.29 is 33.3 Å². The number of methoxy groups -OCH3 is 2. The Morgan fingerprint density at radius 1 is 1.15 bits per heavy atom. The van der Waals surface area contributed by atoms with Gasteiger partial charge in [0.25, 0.3) is 11.0 Å². The number of allylic oxidation sites excluding steroid dienone is 1. The van der Waals surface area contributed by atoms with Crippen LogP contribution in [0.15, 0.2) is 23.8 Å². The smallest absolute Gasteiger partial charge is 0.294 e. The van der Waals surface area contributed by atoms with Gasteiger partial charge in [0.15, 0.2) is 0 Å². The van der Waals surface area contributed by atoms with Crippen LogP contribution in [0.4, 0.5) is 8.78 Å². The quantitative estimate of drug-likeness (QED) is 0.169. The summed E-state index contributed by atoms with van der Waals surface area (Å²) < 4.78 is 41.4. The van der Waals surface area contributed by atoms with E-state index in [0.717, 1.165) is 17.6 Å². The summed E-state index contributed by atoms with van der Waals surface area (Å²) in [5.74, 6) is -1.78. The number of hydrogen-bond acceptors (Lipinski definition) is 6. The van der Waals surface area contributed by atoms with Crippen LogP contribution >= 0.6 is 0 Å². The first-order chi connectivity index (χ1) is 16.1. The summed E-state index contributed by atoms with van der Waals surface area (Å²) in [5, 5.41) is 19.2. The van der Waals surface area contributed by atoms with Crippen molar-refractivity contribution in [3.05, 3.63) is 45.0 Å². The van der Waals surface area contributed by atoms with Crippen LogP contribution in [0.25, 0.3) is 0 Å². The molecular formula is C25H35F2NO6. The number of unbranched alkanes of at least 4 members (excludes halogenated alkanes) is 3. The second kappa shape index (κ2) is 10.5. The molecule has 2 bridgehead atoms. The van der Waals surface area contributed by atoms with Crippen molar-refractivity contribution in [1.82, 2.24) is 0 Å². The van der Waals surface area contributed by atoms with Crippen molar-refractivity contribution in [3.63, 3.8) is 0 Å². The van der Waals surface area contributed by atoms with E-state index in [9.17, 15) is 15.2 Å². The summed E-state index contributed by atoms with van der Waals surface area (Å²) in [7, 11) is 2.95. The van der Waals surface area contributed by atoms with Crippen LogP contribution in [0.5, 0.6) is 11.5 Å². The van der Waals surface area contributed by atoms with Crippen LogP contribution in [0.3, 0.4) is 0 Å². The molecule has 1 N–H and O–H groups in total. The summed E-state index contributed by atoms with van der Waals surface area (Å²) in [6.45, 7) is 4.33. The molecule has 0 radical (unpaired) electrons. The highest BCUT2D eigenvalue weighted by atomic mass is 19.3. The third-order valence-electron chi connectivity index (χ3n) is 7.68. The van der Waals surface area contributed by atoms with Crippen molar-refractivity contribution in [1.29, 1.82) is 0 Å². The van der Waals surface area contributed by atoms with Gasteiger partial charge in [0.05, 0.1) is 27.4 Å². The highest BCUT2D eigenvalue weighted by Crippen LogP contribution is 2.65. The zero-order valence-electron chi connectivity index (χ0n) is 20.3. The molecule has 3 aliphatic carbocycles. The second-order valence-corrected chi connectivity index (χ2v) is 9.86. The lowest BCUT2D eigenvalue weighted by Gasteiger charge is -2.59. The molecule has 1 fully saturated rings. The van der Waals surface area contributed by atoms with Gasteiger partial charge < -0.3 is 19.4 Å². The Labute approximate surface area is 199 Å². The van der Waals surface area contributed by atoms with Gasteiger partial charge in [0.2, 0.25) is 0 Å². The number of rotatable bonds is 13. The lowest BCUT2D eigenvalue weighted by Crippen LogP contribution is -2.51. The molecule has 1 aromatic carbocycles. The third kappa shape index (κ3) is 5.14. The summed E-state index contributed by atoms with van der Waals surface area (Å²) >= 11 is 0. The van der Waals surface area contributed by atoms with Crippen LogP contribution in [0, 0.1) is 27.4 Å². The Kier molecular flexibility index (Phi) is 8.06. The van der Waals surface area contributed by atoms with E-state index in [1.54, 1.807) is 0 Å². The number of aliphatic hydroxyl groups is 1. The fourth-order valence-corrected chi connectivity index (χ4v) is 5.67. The maximum atomic E-state index is 15.1. The van der Waals surface area contributed by atoms with E-state index in [1.807, 2.05) is 0 Å². The predicted molar refractivity (Wildman–Crippen MR) is 123 cm³/mol. The average molecular weight is 484 g/mol. The monoisotopic (exact) mass is 483 g/mol. The molecular weight excluding hydrogens is 448 g/mol. The Hall–Kier alpha value is -2.42. The summed E-state index contributed by atoms with van der Waals surface area (Å²) in [5.41, 5.74) is 1.58. The Morgan fingerprint density at radius 2 is 1.76 bits per heavy atom. The standard InChI is InChI=1S/C25H35F2NO6/c1-24(2)19-14-20(24)18(11-16(19)15-29)23-21(32-3)12-17(13-22(23)33-4)25(26,27)9-7-5-6-8-10-34-28(30)31/h11-13,18-20,29H,5-10,14-15H2,1-4H3/t18-,19+,20-/m0/s1. The number of aliphatic hydroxyl groups excluding tert-OH is 1. The summed E-state index contributed by atoms with van der Waals surface area (Å²) in [6, 6.07) is 2.82. The first-order valence-corrected chi connectivity index (χ1v) is 11.8. The molecule has 190 valence electrons. The maximum Gasteiger partial charge on any atom is 0.294 e. The van der Waals surface area contributed by atoms with Crippen LogP contribution < -0.4 is 9.47 Å². The molecule has 4 rings (SSSR count). The van der Waals surface area contributed by atoms with Crippen LogP contribution in [-0.4, -0.2) is 37.6 Å². The number of benzene rings is 1. The van der Waals surface area contributed by atoms with Crippen LogP contribution in [0.1, 0.15) is 69.4 Å². The van der Waals surface area contributed by atoms with Gasteiger partial charge in [0.1, 0.15) is 11.5 Å². The molecule has 1 saturated carbocycles. The SMILES string of the molecule is COc1cc(C(F)(F)CCCCCCO[N+](=O)[O-])cc(OC)c1[C@H]1C=C(CO)[C@H]2C[C@@H]1C2(C)C. The minimum atomic E-state index is -3.07. The van der Waals surface area contributed by atoms with E-state index in [2.05, 4.69) is 24.8 Å². The number of ether oxygens (including phenoxy) is 2. The van der Waals surface area contributed by atoms with Crippen molar-refractivity contribution >= 4 is 0 Å². The zero-order valence-corrected chi connectivity index (χ0v) is 20.3. The number of alkyl halides is 2. The van der Waals surface area contributed by atoms with E-state index in [4.69, 9.17) is 9.47 Å². The number of nitrogens with zero attached hydrogens (tertiary/aromatic N) is 1. The molecule has 3 aliphatic rings. The summed E-state index contributed by atoms with van der Waals surface area (Å²) in [4.78, 5) is 14.4. The first-order valence-electron chi connectivity index (χ1n) is 11.8. The molecule has 0 spiro atoms. The lowest BCUT2D eigenvalue weighted by atomic mass is 9.45. The Balaban J connectivity index is 1.78. The van der Waals surface area contributed by atoms with Gasteiger partial charge in [-0.25, -0.2) is 8.78 Å². The van der Waals surface area contributed by atoms with Gasteiger partial charge in [-0.3, -0.25) is 0 Å². The summed E-state index contributed by atoms with van der Waals surface area (Å²) in [6.07, 6.45) is 4.50. The normalized spacial score (nSPS) is 23.0. The van der Waals surface area contributed by atoms with E-state index < -0.39 is 11.0 Å². The van der Waals surface area contributed by atoms with E-state index in [-0.39, 0.29) is 43.0 Å². The number of halogens is 2. The van der Waals surface area contributed by atoms with Gasteiger partial charge in [-0.1, -0.05) is 32.8 Å². The molecule has 34 heavy (non-hydrogen) atoms. The Bertz CT molecular complexity index is 892. The largest absolute Gasteiger partial charge is 0.496 e. The van der Waals surface area contributed by atoms with E-state index >= 15 is 8.78 Å². The highest BCUT2D eigenvalue weighted by molar-refractivity contribution is 5.54. The molecule has 9 heteroatoms. The second-order valence-electron chi connectivity index (χ2n) is 9.86. The maximum absolute atomic E-state index is 15.1. The van der Waals surface area contributed by atoms with Crippen molar-refractivity contribution in [3.8, 4) is 11.5 Å². The third-order valence-corrected chi connectivity index (χ3v) is 7.68. The molecule has 0 heterocycles. The fourth-order valence-electron chi connectivity index (χ4n) is 5.67. The molecule has 0 unspecified atom stereocenters. The molecule has 3 atom stereocenters. The van der Waals surface area contributed by atoms with Crippen molar-refractivity contribution in [2.45, 2.75) is 64.2 Å². The molecule has 0 saturated heterocycles. The molecule has 0 amide bonds. The number of hydrogen-bond donors (Lipinski definition) is 1. The molecule has 7 nitrogen and oxygen atoms in total. The van der Waals surface area contributed by atoms with Gasteiger partial charge in [0, 0.05) is 23.5 Å². The average Bonchev–Trinajstić information content (AvgIpc) is 2.81. The van der Waals surface area contributed by atoms with Gasteiger partial charge >= 0.3 is 0 Å². The van der Waals surface area contributed by atoms with Gasteiger partial charge in [-0.05, 0) is 54.2 Å². The van der Waals surface area contributed by atoms with Crippen LogP contribution in [-0.2, 0) is 10.8 Å². The number of fused-ring (bicyclic) bond motifs is 1. The van der Waals surface area contributed by atoms with Gasteiger partial charge in [-0.15, -0.1) is 10.1 Å². The molecule has 0 aromatic heterocycles. The van der Waals surface area contributed by atoms with E-state index in [1.165, 1.54) is 26.4 Å². The van der Waals surface area contributed by atoms with Crippen molar-refractivity contribution in [2.75, 3.05) is 27.4 Å². The fraction of sp³-hybridized carbons (Fsp3) is 0.680.